The van der Waals surface area contributed by atoms with Crippen molar-refractivity contribution >= 4 is 34.4 Å². The van der Waals surface area contributed by atoms with Gasteiger partial charge in [0.05, 0.1) is 16.1 Å². The van der Waals surface area contributed by atoms with E-state index in [9.17, 15) is 0 Å². The van der Waals surface area contributed by atoms with Gasteiger partial charge in [-0.25, -0.2) is 9.97 Å². The van der Waals surface area contributed by atoms with Crippen LogP contribution in [0.15, 0.2) is 30.3 Å². The number of aryl methyl sites for hydroxylation is 2. The molecule has 2 heterocycles. The van der Waals surface area contributed by atoms with Crippen molar-refractivity contribution in [2.45, 2.75) is 26.1 Å². The first-order valence-corrected chi connectivity index (χ1v) is 7.55. The Bertz CT molecular complexity index is 822. The van der Waals surface area contributed by atoms with Gasteiger partial charge in [-0.2, -0.15) is 0 Å². The van der Waals surface area contributed by atoms with Gasteiger partial charge in [0.25, 0.3) is 0 Å². The zero-order chi connectivity index (χ0) is 15.1. The summed E-state index contributed by atoms with van der Waals surface area (Å²) in [5.74, 6) is 0.747. The van der Waals surface area contributed by atoms with Crippen molar-refractivity contribution in [3.63, 3.8) is 0 Å². The van der Waals surface area contributed by atoms with Crippen LogP contribution in [0, 0.1) is 13.8 Å². The largest absolute Gasteiger partial charge is 0.278 e. The molecule has 0 spiro atoms. The molecule has 0 N–H and O–H groups in total. The van der Waals surface area contributed by atoms with Gasteiger partial charge < -0.3 is 0 Å². The third-order valence-electron chi connectivity index (χ3n) is 3.37. The first-order valence-electron chi connectivity index (χ1n) is 6.74. The third-order valence-corrected chi connectivity index (χ3v) is 3.88. The van der Waals surface area contributed by atoms with Gasteiger partial charge in [-0.05, 0) is 50.6 Å². The summed E-state index contributed by atoms with van der Waals surface area (Å²) in [7, 11) is 0. The van der Waals surface area contributed by atoms with Gasteiger partial charge in [0, 0.05) is 5.69 Å². The molecule has 1 atom stereocenters. The highest BCUT2D eigenvalue weighted by Crippen LogP contribution is 2.31. The second-order valence-corrected chi connectivity index (χ2v) is 6.23. The molecule has 1 aromatic carbocycles. The second kappa shape index (κ2) is 5.32. The summed E-state index contributed by atoms with van der Waals surface area (Å²) in [6, 6.07) is 9.79. The lowest BCUT2D eigenvalue weighted by Gasteiger charge is -2.12. The van der Waals surface area contributed by atoms with Crippen LogP contribution in [0.2, 0.25) is 5.02 Å². The molecule has 108 valence electrons. The second-order valence-electron chi connectivity index (χ2n) is 5.17. The normalized spacial score (nSPS) is 12.8. The highest BCUT2D eigenvalue weighted by Gasteiger charge is 2.19. The highest BCUT2D eigenvalue weighted by atomic mass is 35.5. The van der Waals surface area contributed by atoms with Crippen LogP contribution in [0.3, 0.4) is 0 Å². The van der Waals surface area contributed by atoms with E-state index < -0.39 is 0 Å². The summed E-state index contributed by atoms with van der Waals surface area (Å²) < 4.78 is 1.95. The summed E-state index contributed by atoms with van der Waals surface area (Å²) >= 11 is 12.7. The van der Waals surface area contributed by atoms with Crippen molar-refractivity contribution in [2.24, 2.45) is 0 Å². The summed E-state index contributed by atoms with van der Waals surface area (Å²) in [5.41, 5.74) is 4.52. The maximum Gasteiger partial charge on any atom is 0.165 e. The Morgan fingerprint density at radius 2 is 1.86 bits per heavy atom. The number of hydrogen-bond acceptors (Lipinski definition) is 2. The summed E-state index contributed by atoms with van der Waals surface area (Å²) in [5, 5.41) is 0.415. The molecule has 0 amide bonds. The number of alkyl halides is 1. The Hall–Kier alpha value is -1.58. The van der Waals surface area contributed by atoms with Crippen molar-refractivity contribution in [1.82, 2.24) is 14.5 Å². The van der Waals surface area contributed by atoms with E-state index in [1.807, 2.05) is 55.7 Å². The monoisotopic (exact) mass is 319 g/mol. The fourth-order valence-electron chi connectivity index (χ4n) is 2.37. The molecule has 0 saturated carbocycles. The lowest BCUT2D eigenvalue weighted by atomic mass is 10.2. The smallest absolute Gasteiger partial charge is 0.165 e. The number of benzene rings is 1. The molecule has 0 aliphatic rings. The Labute approximate surface area is 133 Å². The Kier molecular flexibility index (Phi) is 3.64. The van der Waals surface area contributed by atoms with Gasteiger partial charge in [-0.3, -0.25) is 4.57 Å². The van der Waals surface area contributed by atoms with E-state index in [0.29, 0.717) is 5.02 Å². The molecular weight excluding hydrogens is 305 g/mol. The van der Waals surface area contributed by atoms with Crippen molar-refractivity contribution < 1.29 is 0 Å². The fourth-order valence-corrected chi connectivity index (χ4v) is 2.72. The molecule has 0 aliphatic carbocycles. The van der Waals surface area contributed by atoms with E-state index in [1.54, 1.807) is 0 Å². The maximum atomic E-state index is 6.39. The standard InChI is InChI=1S/C16H15Cl2N3/c1-9-4-6-12(18)14(8-9)21-15(11(3)17)20-13-7-5-10(2)19-16(13)21/h4-8,11H,1-3H3. The maximum absolute atomic E-state index is 6.39. The van der Waals surface area contributed by atoms with Crippen molar-refractivity contribution in [2.75, 3.05) is 0 Å². The van der Waals surface area contributed by atoms with Crippen LogP contribution < -0.4 is 0 Å². The summed E-state index contributed by atoms with van der Waals surface area (Å²) in [6.45, 7) is 5.88. The number of halogens is 2. The minimum absolute atomic E-state index is 0.240. The summed E-state index contributed by atoms with van der Waals surface area (Å²) in [6.07, 6.45) is 0. The Morgan fingerprint density at radius 3 is 2.57 bits per heavy atom. The minimum atomic E-state index is -0.240. The zero-order valence-corrected chi connectivity index (χ0v) is 13.6. The topological polar surface area (TPSA) is 30.7 Å². The highest BCUT2D eigenvalue weighted by molar-refractivity contribution is 6.32. The van der Waals surface area contributed by atoms with E-state index in [1.165, 1.54) is 0 Å². The molecular formula is C16H15Cl2N3. The van der Waals surface area contributed by atoms with Gasteiger partial charge >= 0.3 is 0 Å². The average molecular weight is 320 g/mol. The van der Waals surface area contributed by atoms with Crippen molar-refractivity contribution in [3.8, 4) is 5.69 Å². The van der Waals surface area contributed by atoms with E-state index in [4.69, 9.17) is 23.2 Å². The molecule has 0 bridgehead atoms. The predicted molar refractivity (Wildman–Crippen MR) is 87.6 cm³/mol. The van der Waals surface area contributed by atoms with Gasteiger partial charge in [-0.1, -0.05) is 17.7 Å². The number of nitrogens with zero attached hydrogens (tertiary/aromatic N) is 3. The number of hydrogen-bond donors (Lipinski definition) is 0. The zero-order valence-electron chi connectivity index (χ0n) is 12.1. The van der Waals surface area contributed by atoms with Crippen LogP contribution in [0.5, 0.6) is 0 Å². The van der Waals surface area contributed by atoms with Crippen LogP contribution in [0.1, 0.15) is 29.4 Å². The summed E-state index contributed by atoms with van der Waals surface area (Å²) in [4.78, 5) is 9.22. The molecule has 0 aliphatic heterocycles. The molecule has 3 nitrogen and oxygen atoms in total. The molecule has 0 saturated heterocycles. The predicted octanol–water partition coefficient (Wildman–Crippen LogP) is 4.99. The van der Waals surface area contributed by atoms with Crippen molar-refractivity contribution in [1.29, 1.82) is 0 Å². The van der Waals surface area contributed by atoms with E-state index in [2.05, 4.69) is 9.97 Å². The van der Waals surface area contributed by atoms with Crippen LogP contribution in [-0.2, 0) is 0 Å². The average Bonchev–Trinajstić information content (AvgIpc) is 2.80. The van der Waals surface area contributed by atoms with Gasteiger partial charge in [0.15, 0.2) is 5.65 Å². The number of pyridine rings is 1. The molecule has 1 unspecified atom stereocenters. The van der Waals surface area contributed by atoms with Crippen LogP contribution in [0.4, 0.5) is 0 Å². The van der Waals surface area contributed by atoms with E-state index in [-0.39, 0.29) is 5.38 Å². The number of rotatable bonds is 2. The molecule has 0 radical (unpaired) electrons. The van der Waals surface area contributed by atoms with Gasteiger partial charge in [-0.15, -0.1) is 11.6 Å². The van der Waals surface area contributed by atoms with E-state index in [0.717, 1.165) is 33.9 Å². The minimum Gasteiger partial charge on any atom is -0.278 e. The lowest BCUT2D eigenvalue weighted by Crippen LogP contribution is -2.04. The Balaban J connectivity index is 2.41. The third kappa shape index (κ3) is 2.52. The lowest BCUT2D eigenvalue weighted by molar-refractivity contribution is 0.875. The van der Waals surface area contributed by atoms with Gasteiger partial charge in [0.1, 0.15) is 11.3 Å². The Morgan fingerprint density at radius 1 is 1.10 bits per heavy atom. The SMILES string of the molecule is Cc1ccc(Cl)c(-n2c(C(C)Cl)nc3ccc(C)nc32)c1. The first kappa shape index (κ1) is 14.4. The fraction of sp³-hybridized carbons (Fsp3) is 0.250. The molecule has 3 aromatic rings. The van der Waals surface area contributed by atoms with Crippen LogP contribution in [-0.4, -0.2) is 14.5 Å². The van der Waals surface area contributed by atoms with Crippen LogP contribution in [0.25, 0.3) is 16.9 Å². The molecule has 5 heteroatoms. The number of imidazole rings is 1. The van der Waals surface area contributed by atoms with Gasteiger partial charge in [0.2, 0.25) is 0 Å². The molecule has 0 fully saturated rings. The molecule has 2 aromatic heterocycles. The van der Waals surface area contributed by atoms with Crippen molar-refractivity contribution in [3.05, 3.63) is 52.4 Å². The number of aromatic nitrogens is 3. The number of fused-ring (bicyclic) bond motifs is 1. The quantitative estimate of drug-likeness (QED) is 0.623. The molecule has 21 heavy (non-hydrogen) atoms. The molecule has 3 rings (SSSR count). The van der Waals surface area contributed by atoms with E-state index >= 15 is 0 Å². The van der Waals surface area contributed by atoms with Crippen LogP contribution >= 0.6 is 23.2 Å². The first-order chi connectivity index (χ1) is 9.97.